The lowest BCUT2D eigenvalue weighted by Gasteiger charge is -2.03. The third kappa shape index (κ3) is 2.75. The molecule has 2 heterocycles. The molecule has 0 saturated carbocycles. The van der Waals surface area contributed by atoms with Gasteiger partial charge in [-0.05, 0) is 25.1 Å². The molecule has 17 heavy (non-hydrogen) atoms. The number of hydrogen-bond acceptors (Lipinski definition) is 5. The predicted octanol–water partition coefficient (Wildman–Crippen LogP) is 1.67. The Hall–Kier alpha value is -2.50. The monoisotopic (exact) mass is 231 g/mol. The van der Waals surface area contributed by atoms with E-state index in [9.17, 15) is 4.79 Å². The minimum atomic E-state index is -1.12. The Morgan fingerprint density at radius 1 is 1.24 bits per heavy atom. The van der Waals surface area contributed by atoms with Crippen LogP contribution in [0, 0.1) is 6.92 Å². The van der Waals surface area contributed by atoms with Gasteiger partial charge in [-0.15, -0.1) is 10.2 Å². The molecule has 0 saturated heterocycles. The highest BCUT2D eigenvalue weighted by molar-refractivity contribution is 5.84. The molecule has 86 valence electrons. The maximum absolute atomic E-state index is 10.6. The van der Waals surface area contributed by atoms with Crippen LogP contribution < -0.4 is 4.74 Å². The van der Waals surface area contributed by atoms with Gasteiger partial charge in [-0.1, -0.05) is 0 Å². The van der Waals surface area contributed by atoms with Gasteiger partial charge in [0, 0.05) is 11.8 Å². The normalized spacial score (nSPS) is 9.94. The van der Waals surface area contributed by atoms with Gasteiger partial charge in [0.2, 0.25) is 5.88 Å². The number of carboxylic acid groups (broad SMARTS) is 1. The Labute approximate surface area is 96.9 Å². The van der Waals surface area contributed by atoms with E-state index in [-0.39, 0.29) is 11.6 Å². The number of aromatic nitrogens is 3. The number of carboxylic acids is 1. The molecule has 0 amide bonds. The van der Waals surface area contributed by atoms with Gasteiger partial charge in [0.1, 0.15) is 5.75 Å². The SMILES string of the molecule is Cc1ccc(Oc2ccc(C(=O)O)nn2)cn1. The van der Waals surface area contributed by atoms with Crippen molar-refractivity contribution in [3.05, 3.63) is 41.9 Å². The summed E-state index contributed by atoms with van der Waals surface area (Å²) in [6.45, 7) is 1.87. The van der Waals surface area contributed by atoms with Crippen molar-refractivity contribution in [3.8, 4) is 11.6 Å². The molecule has 2 aromatic rings. The quantitative estimate of drug-likeness (QED) is 0.864. The van der Waals surface area contributed by atoms with Crippen molar-refractivity contribution in [1.82, 2.24) is 15.2 Å². The van der Waals surface area contributed by atoms with Gasteiger partial charge in [-0.3, -0.25) is 4.98 Å². The summed E-state index contributed by atoms with van der Waals surface area (Å²) < 4.78 is 5.34. The van der Waals surface area contributed by atoms with Crippen LogP contribution in [0.2, 0.25) is 0 Å². The number of ether oxygens (including phenoxy) is 1. The van der Waals surface area contributed by atoms with Crippen LogP contribution in [0.4, 0.5) is 0 Å². The second kappa shape index (κ2) is 4.56. The minimum Gasteiger partial charge on any atom is -0.476 e. The highest BCUT2D eigenvalue weighted by atomic mass is 16.5. The van der Waals surface area contributed by atoms with Crippen molar-refractivity contribution in [2.24, 2.45) is 0 Å². The van der Waals surface area contributed by atoms with Crippen molar-refractivity contribution >= 4 is 5.97 Å². The fourth-order valence-electron chi connectivity index (χ4n) is 1.12. The van der Waals surface area contributed by atoms with Crippen LogP contribution in [0.1, 0.15) is 16.2 Å². The molecule has 6 nitrogen and oxygen atoms in total. The third-order valence-electron chi connectivity index (χ3n) is 1.97. The lowest BCUT2D eigenvalue weighted by Crippen LogP contribution is -2.02. The number of carbonyl (C=O) groups is 1. The van der Waals surface area contributed by atoms with Gasteiger partial charge in [0.25, 0.3) is 0 Å². The number of aryl methyl sites for hydroxylation is 1. The van der Waals surface area contributed by atoms with Crippen LogP contribution in [0.5, 0.6) is 11.6 Å². The first-order chi connectivity index (χ1) is 8.15. The summed E-state index contributed by atoms with van der Waals surface area (Å²) >= 11 is 0. The molecule has 0 unspecified atom stereocenters. The van der Waals surface area contributed by atoms with E-state index in [4.69, 9.17) is 9.84 Å². The van der Waals surface area contributed by atoms with E-state index in [1.807, 2.05) is 6.92 Å². The number of nitrogens with zero attached hydrogens (tertiary/aromatic N) is 3. The number of aromatic carboxylic acids is 1. The first-order valence-electron chi connectivity index (χ1n) is 4.83. The lowest BCUT2D eigenvalue weighted by atomic mass is 10.4. The van der Waals surface area contributed by atoms with E-state index in [0.717, 1.165) is 5.69 Å². The topological polar surface area (TPSA) is 85.2 Å². The second-order valence-electron chi connectivity index (χ2n) is 3.30. The van der Waals surface area contributed by atoms with Crippen molar-refractivity contribution in [1.29, 1.82) is 0 Å². The van der Waals surface area contributed by atoms with E-state index in [0.29, 0.717) is 5.75 Å². The van der Waals surface area contributed by atoms with E-state index >= 15 is 0 Å². The van der Waals surface area contributed by atoms with Crippen LogP contribution in [0.3, 0.4) is 0 Å². The maximum atomic E-state index is 10.6. The smallest absolute Gasteiger partial charge is 0.356 e. The van der Waals surface area contributed by atoms with Crippen molar-refractivity contribution in [2.45, 2.75) is 6.92 Å². The molecule has 2 aromatic heterocycles. The highest BCUT2D eigenvalue weighted by Crippen LogP contribution is 2.17. The van der Waals surface area contributed by atoms with Crippen molar-refractivity contribution in [3.63, 3.8) is 0 Å². The Morgan fingerprint density at radius 2 is 2.06 bits per heavy atom. The summed E-state index contributed by atoms with van der Waals surface area (Å²) in [6.07, 6.45) is 1.56. The van der Waals surface area contributed by atoms with E-state index in [2.05, 4.69) is 15.2 Å². The van der Waals surface area contributed by atoms with E-state index < -0.39 is 5.97 Å². The van der Waals surface area contributed by atoms with Crippen LogP contribution in [-0.4, -0.2) is 26.3 Å². The second-order valence-corrected chi connectivity index (χ2v) is 3.30. The van der Waals surface area contributed by atoms with Gasteiger partial charge in [-0.25, -0.2) is 4.79 Å². The minimum absolute atomic E-state index is 0.126. The fraction of sp³-hybridized carbons (Fsp3) is 0.0909. The molecule has 6 heteroatoms. The molecule has 0 bridgehead atoms. The van der Waals surface area contributed by atoms with Gasteiger partial charge in [0.15, 0.2) is 5.69 Å². The van der Waals surface area contributed by atoms with Gasteiger partial charge >= 0.3 is 5.97 Å². The predicted molar refractivity (Wildman–Crippen MR) is 58.0 cm³/mol. The zero-order valence-corrected chi connectivity index (χ0v) is 8.99. The first kappa shape index (κ1) is 11.0. The number of pyridine rings is 1. The average Bonchev–Trinajstić information content (AvgIpc) is 2.33. The van der Waals surface area contributed by atoms with Gasteiger partial charge in [-0.2, -0.15) is 0 Å². The molecule has 1 N–H and O–H groups in total. The largest absolute Gasteiger partial charge is 0.476 e. The first-order valence-corrected chi connectivity index (χ1v) is 4.83. The van der Waals surface area contributed by atoms with Crippen molar-refractivity contribution < 1.29 is 14.6 Å². The summed E-state index contributed by atoms with van der Waals surface area (Å²) in [5.74, 6) is -0.380. The highest BCUT2D eigenvalue weighted by Gasteiger charge is 2.06. The van der Waals surface area contributed by atoms with Crippen LogP contribution >= 0.6 is 0 Å². The summed E-state index contributed by atoms with van der Waals surface area (Å²) in [4.78, 5) is 14.6. The molecule has 0 aliphatic heterocycles. The Bertz CT molecular complexity index is 523. The zero-order valence-electron chi connectivity index (χ0n) is 8.99. The Morgan fingerprint density at radius 3 is 2.59 bits per heavy atom. The molecule has 0 aromatic carbocycles. The molecule has 0 aliphatic rings. The maximum Gasteiger partial charge on any atom is 0.356 e. The summed E-state index contributed by atoms with van der Waals surface area (Å²) in [6, 6.07) is 6.31. The summed E-state index contributed by atoms with van der Waals surface area (Å²) in [5, 5.41) is 15.8. The van der Waals surface area contributed by atoms with E-state index in [1.54, 1.807) is 18.3 Å². The zero-order chi connectivity index (χ0) is 12.3. The molecule has 0 fully saturated rings. The average molecular weight is 231 g/mol. The fourth-order valence-corrected chi connectivity index (χ4v) is 1.12. The van der Waals surface area contributed by atoms with Crippen LogP contribution in [-0.2, 0) is 0 Å². The molecule has 0 radical (unpaired) electrons. The molecular weight excluding hydrogens is 222 g/mol. The standard InChI is InChI=1S/C11H9N3O3/c1-7-2-3-8(6-12-7)17-10-5-4-9(11(15)16)13-14-10/h2-6H,1H3,(H,15,16). The Balaban J connectivity index is 2.13. The van der Waals surface area contributed by atoms with Crippen LogP contribution in [0.15, 0.2) is 30.5 Å². The van der Waals surface area contributed by atoms with Gasteiger partial charge in [0.05, 0.1) is 6.20 Å². The Kier molecular flexibility index (Phi) is 2.95. The molecule has 0 spiro atoms. The van der Waals surface area contributed by atoms with Crippen LogP contribution in [0.25, 0.3) is 0 Å². The molecular formula is C11H9N3O3. The molecule has 0 aliphatic carbocycles. The summed E-state index contributed by atoms with van der Waals surface area (Å²) in [7, 11) is 0. The van der Waals surface area contributed by atoms with Gasteiger partial charge < -0.3 is 9.84 Å². The van der Waals surface area contributed by atoms with E-state index in [1.165, 1.54) is 12.1 Å². The summed E-state index contributed by atoms with van der Waals surface area (Å²) in [5.41, 5.74) is 0.754. The third-order valence-corrected chi connectivity index (χ3v) is 1.97. The van der Waals surface area contributed by atoms with Crippen molar-refractivity contribution in [2.75, 3.05) is 0 Å². The molecule has 2 rings (SSSR count). The number of rotatable bonds is 3. The number of hydrogen-bond donors (Lipinski definition) is 1. The lowest BCUT2D eigenvalue weighted by molar-refractivity contribution is 0.0689. The molecule has 0 atom stereocenters.